The first-order chi connectivity index (χ1) is 11.7. The van der Waals surface area contributed by atoms with E-state index in [2.05, 4.69) is 25.5 Å². The summed E-state index contributed by atoms with van der Waals surface area (Å²) in [6.45, 7) is 0.309. The van der Waals surface area contributed by atoms with Gasteiger partial charge in [0.05, 0.1) is 22.8 Å². The van der Waals surface area contributed by atoms with Crippen LogP contribution >= 0.6 is 11.6 Å². The van der Waals surface area contributed by atoms with Crippen LogP contribution in [0.5, 0.6) is 0 Å². The van der Waals surface area contributed by atoms with Gasteiger partial charge < -0.3 is 5.32 Å². The third-order valence-corrected chi connectivity index (χ3v) is 4.04. The predicted octanol–water partition coefficient (Wildman–Crippen LogP) is 3.09. The zero-order valence-corrected chi connectivity index (χ0v) is 13.2. The van der Waals surface area contributed by atoms with Crippen molar-refractivity contribution in [2.45, 2.75) is 6.54 Å². The van der Waals surface area contributed by atoms with Crippen LogP contribution in [0.2, 0.25) is 5.02 Å². The Morgan fingerprint density at radius 3 is 3.00 bits per heavy atom. The van der Waals surface area contributed by atoms with E-state index in [1.54, 1.807) is 18.3 Å². The molecule has 7 heteroatoms. The number of hydrogen-bond acceptors (Lipinski definition) is 4. The van der Waals surface area contributed by atoms with Crippen molar-refractivity contribution in [3.8, 4) is 0 Å². The largest absolute Gasteiger partial charge is 0.345 e. The lowest BCUT2D eigenvalue weighted by molar-refractivity contribution is 0.0946. The van der Waals surface area contributed by atoms with Crippen molar-refractivity contribution in [2.24, 2.45) is 0 Å². The van der Waals surface area contributed by atoms with E-state index < -0.39 is 0 Å². The number of aromatic nitrogens is 4. The average molecular weight is 338 g/mol. The van der Waals surface area contributed by atoms with Gasteiger partial charge in [-0.15, -0.1) is 0 Å². The van der Waals surface area contributed by atoms with Crippen molar-refractivity contribution in [2.75, 3.05) is 0 Å². The Balaban J connectivity index is 1.57. The molecule has 0 aliphatic carbocycles. The number of halogens is 1. The second-order valence-corrected chi connectivity index (χ2v) is 5.67. The van der Waals surface area contributed by atoms with E-state index in [9.17, 15) is 4.79 Å². The topological polar surface area (TPSA) is 83.6 Å². The van der Waals surface area contributed by atoms with Crippen LogP contribution in [0, 0.1) is 0 Å². The number of benzene rings is 1. The van der Waals surface area contributed by atoms with Crippen LogP contribution < -0.4 is 5.32 Å². The second kappa shape index (κ2) is 5.90. The Morgan fingerprint density at radius 1 is 1.17 bits per heavy atom. The normalized spacial score (nSPS) is 11.0. The van der Waals surface area contributed by atoms with Gasteiger partial charge in [0.2, 0.25) is 0 Å². The van der Waals surface area contributed by atoms with E-state index in [-0.39, 0.29) is 5.91 Å². The number of nitrogens with zero attached hydrogens (tertiary/aromatic N) is 3. The Bertz CT molecular complexity index is 1060. The third kappa shape index (κ3) is 2.57. The van der Waals surface area contributed by atoms with Gasteiger partial charge in [0.1, 0.15) is 5.69 Å². The van der Waals surface area contributed by atoms with Gasteiger partial charge in [-0.05, 0) is 24.3 Å². The maximum atomic E-state index is 12.4. The molecule has 3 heterocycles. The van der Waals surface area contributed by atoms with E-state index >= 15 is 0 Å². The molecule has 0 atom stereocenters. The van der Waals surface area contributed by atoms with E-state index in [0.717, 1.165) is 16.5 Å². The van der Waals surface area contributed by atoms with Gasteiger partial charge in [-0.3, -0.25) is 9.89 Å². The molecule has 1 amide bonds. The van der Waals surface area contributed by atoms with E-state index in [1.165, 1.54) is 0 Å². The minimum absolute atomic E-state index is 0.275. The molecule has 6 nitrogen and oxygen atoms in total. The van der Waals surface area contributed by atoms with Crippen molar-refractivity contribution in [3.05, 3.63) is 65.1 Å². The number of fused-ring (bicyclic) bond motifs is 2. The van der Waals surface area contributed by atoms with E-state index in [1.807, 2.05) is 30.3 Å². The summed E-state index contributed by atoms with van der Waals surface area (Å²) < 4.78 is 0. The van der Waals surface area contributed by atoms with E-state index in [4.69, 9.17) is 11.6 Å². The summed E-state index contributed by atoms with van der Waals surface area (Å²) in [5, 5.41) is 12.1. The number of aromatic amines is 1. The molecule has 4 aromatic rings. The summed E-state index contributed by atoms with van der Waals surface area (Å²) in [5.41, 5.74) is 2.35. The van der Waals surface area contributed by atoms with Crippen LogP contribution in [0.3, 0.4) is 0 Å². The lowest BCUT2D eigenvalue weighted by Gasteiger charge is -2.05. The van der Waals surface area contributed by atoms with Crippen LogP contribution in [-0.2, 0) is 6.54 Å². The highest BCUT2D eigenvalue weighted by Gasteiger charge is 2.11. The van der Waals surface area contributed by atoms with Gasteiger partial charge in [0.15, 0.2) is 5.65 Å². The van der Waals surface area contributed by atoms with Gasteiger partial charge in [0, 0.05) is 17.0 Å². The van der Waals surface area contributed by atoms with Crippen molar-refractivity contribution >= 4 is 39.4 Å². The Hall–Kier alpha value is -2.99. The smallest absolute Gasteiger partial charge is 0.270 e. The number of carbonyl (C=O) groups is 1. The summed E-state index contributed by atoms with van der Waals surface area (Å²) >= 11 is 6.14. The summed E-state index contributed by atoms with van der Waals surface area (Å²) in [4.78, 5) is 20.9. The van der Waals surface area contributed by atoms with Crippen LogP contribution in [0.4, 0.5) is 0 Å². The summed E-state index contributed by atoms with van der Waals surface area (Å²) in [5.74, 6) is -0.275. The molecule has 24 heavy (non-hydrogen) atoms. The quantitative estimate of drug-likeness (QED) is 0.601. The predicted molar refractivity (Wildman–Crippen MR) is 91.8 cm³/mol. The molecule has 1 aromatic carbocycles. The number of pyridine rings is 2. The van der Waals surface area contributed by atoms with E-state index in [0.29, 0.717) is 28.4 Å². The number of hydrogen-bond donors (Lipinski definition) is 2. The zero-order chi connectivity index (χ0) is 16.5. The van der Waals surface area contributed by atoms with Crippen LogP contribution in [0.25, 0.3) is 21.9 Å². The molecule has 0 unspecified atom stereocenters. The number of amides is 1. The Labute approximate surface area is 141 Å². The van der Waals surface area contributed by atoms with Gasteiger partial charge >= 0.3 is 0 Å². The minimum atomic E-state index is -0.275. The number of para-hydroxylation sites is 1. The molecule has 0 saturated carbocycles. The molecule has 0 spiro atoms. The number of carbonyl (C=O) groups excluding carboxylic acids is 1. The lowest BCUT2D eigenvalue weighted by atomic mass is 10.2. The fraction of sp³-hybridized carbons (Fsp3) is 0.0588. The summed E-state index contributed by atoms with van der Waals surface area (Å²) in [6.07, 6.45) is 1.67. The molecule has 0 saturated heterocycles. The Morgan fingerprint density at radius 2 is 2.08 bits per heavy atom. The first kappa shape index (κ1) is 14.6. The first-order valence-electron chi connectivity index (χ1n) is 7.34. The molecule has 4 rings (SSSR count). The fourth-order valence-electron chi connectivity index (χ4n) is 2.53. The van der Waals surface area contributed by atoms with Crippen molar-refractivity contribution in [3.63, 3.8) is 0 Å². The van der Waals surface area contributed by atoms with Crippen LogP contribution in [-0.4, -0.2) is 26.1 Å². The molecule has 3 aromatic heterocycles. The molecule has 118 valence electrons. The molecular formula is C17H12ClN5O. The minimum Gasteiger partial charge on any atom is -0.345 e. The molecular weight excluding hydrogens is 326 g/mol. The maximum Gasteiger partial charge on any atom is 0.270 e. The SMILES string of the molecule is O=C(NCc1[nH]nc2ncccc12)c1ccc2cccc(Cl)c2n1. The third-order valence-electron chi connectivity index (χ3n) is 3.74. The lowest BCUT2D eigenvalue weighted by Crippen LogP contribution is -2.24. The van der Waals surface area contributed by atoms with Gasteiger partial charge in [-0.1, -0.05) is 29.8 Å². The number of rotatable bonds is 3. The summed E-state index contributed by atoms with van der Waals surface area (Å²) in [7, 11) is 0. The highest BCUT2D eigenvalue weighted by Crippen LogP contribution is 2.21. The standard InChI is InChI=1S/C17H12ClN5O/c18-12-5-1-3-10-6-7-13(21-15(10)12)17(24)20-9-14-11-4-2-8-19-16(11)23-22-14/h1-8H,9H2,(H,20,24)(H,19,22,23). The zero-order valence-electron chi connectivity index (χ0n) is 12.5. The molecule has 0 aliphatic heterocycles. The van der Waals surface area contributed by atoms with Crippen LogP contribution in [0.15, 0.2) is 48.7 Å². The Kier molecular flexibility index (Phi) is 3.59. The molecule has 0 fully saturated rings. The summed E-state index contributed by atoms with van der Waals surface area (Å²) in [6, 6.07) is 12.8. The highest BCUT2D eigenvalue weighted by atomic mass is 35.5. The molecule has 2 N–H and O–H groups in total. The second-order valence-electron chi connectivity index (χ2n) is 5.27. The van der Waals surface area contributed by atoms with Gasteiger partial charge in [-0.25, -0.2) is 9.97 Å². The average Bonchev–Trinajstić information content (AvgIpc) is 3.03. The molecule has 0 aliphatic rings. The number of H-pyrrole nitrogens is 1. The first-order valence-corrected chi connectivity index (χ1v) is 7.71. The van der Waals surface area contributed by atoms with Crippen molar-refractivity contribution in [1.29, 1.82) is 0 Å². The van der Waals surface area contributed by atoms with Gasteiger partial charge in [-0.2, -0.15) is 5.10 Å². The van der Waals surface area contributed by atoms with Crippen molar-refractivity contribution in [1.82, 2.24) is 25.5 Å². The molecule has 0 radical (unpaired) electrons. The van der Waals surface area contributed by atoms with Crippen molar-refractivity contribution < 1.29 is 4.79 Å². The monoisotopic (exact) mass is 337 g/mol. The highest BCUT2D eigenvalue weighted by molar-refractivity contribution is 6.35. The van der Waals surface area contributed by atoms with Gasteiger partial charge in [0.25, 0.3) is 5.91 Å². The maximum absolute atomic E-state index is 12.4. The molecule has 0 bridgehead atoms. The van der Waals surface area contributed by atoms with Crippen LogP contribution in [0.1, 0.15) is 16.2 Å². The fourth-order valence-corrected chi connectivity index (χ4v) is 2.76. The number of nitrogens with one attached hydrogen (secondary N) is 2.